The fourth-order valence-electron chi connectivity index (χ4n) is 2.78. The molecule has 1 amide bonds. The van der Waals surface area contributed by atoms with Crippen molar-refractivity contribution in [2.75, 3.05) is 0 Å². The topological polar surface area (TPSA) is 112 Å². The van der Waals surface area contributed by atoms with Gasteiger partial charge in [0.2, 0.25) is 0 Å². The zero-order valence-electron chi connectivity index (χ0n) is 16.5. The van der Waals surface area contributed by atoms with Gasteiger partial charge >= 0.3 is 12.4 Å². The summed E-state index contributed by atoms with van der Waals surface area (Å²) in [4.78, 5) is 23.8. The number of halogens is 7. The molecular weight excluding hydrogens is 463 g/mol. The summed E-state index contributed by atoms with van der Waals surface area (Å²) < 4.78 is 89.1. The second kappa shape index (κ2) is 9.07. The molecule has 0 atom stereocenters. The lowest BCUT2D eigenvalue weighted by Crippen LogP contribution is -2.17. The van der Waals surface area contributed by atoms with E-state index in [1.807, 2.05) is 0 Å². The third kappa shape index (κ3) is 5.78. The van der Waals surface area contributed by atoms with Crippen molar-refractivity contribution >= 4 is 5.91 Å². The van der Waals surface area contributed by atoms with Crippen LogP contribution in [0.4, 0.5) is 30.7 Å². The Balaban J connectivity index is 0.000000205. The molecule has 1 aliphatic heterocycles. The average Bonchev–Trinajstić information content (AvgIpc) is 3.17. The number of hydrogen-bond donors (Lipinski definition) is 1. The highest BCUT2D eigenvalue weighted by Gasteiger charge is 2.34. The first kappa shape index (κ1) is 24.0. The fraction of sp³-hybridized carbons (Fsp3) is 0.333. The number of amides is 1. The minimum atomic E-state index is -4.62. The van der Waals surface area contributed by atoms with Gasteiger partial charge in [-0.2, -0.15) is 31.4 Å². The zero-order valence-corrected chi connectivity index (χ0v) is 16.5. The van der Waals surface area contributed by atoms with Gasteiger partial charge in [0.25, 0.3) is 5.91 Å². The molecule has 2 N–H and O–H groups in total. The number of aromatic nitrogens is 6. The van der Waals surface area contributed by atoms with Gasteiger partial charge in [-0.15, -0.1) is 0 Å². The molecule has 0 aliphatic carbocycles. The number of fused-ring (bicyclic) bond motifs is 1. The molecule has 176 valence electrons. The van der Waals surface area contributed by atoms with E-state index in [2.05, 4.69) is 25.0 Å². The molecule has 4 rings (SSSR count). The molecule has 0 saturated carbocycles. The molecule has 0 bridgehead atoms. The number of nitrogens with zero attached hydrogens (tertiary/aromatic N) is 6. The predicted molar refractivity (Wildman–Crippen MR) is 96.7 cm³/mol. The van der Waals surface area contributed by atoms with Crippen molar-refractivity contribution in [1.29, 1.82) is 0 Å². The van der Waals surface area contributed by atoms with Crippen LogP contribution in [-0.4, -0.2) is 35.6 Å². The first-order chi connectivity index (χ1) is 15.4. The molecule has 0 unspecified atom stereocenters. The normalized spacial score (nSPS) is 13.7. The van der Waals surface area contributed by atoms with Crippen LogP contribution in [0.15, 0.2) is 24.7 Å². The van der Waals surface area contributed by atoms with Gasteiger partial charge in [-0.3, -0.25) is 9.78 Å². The van der Waals surface area contributed by atoms with Crippen LogP contribution in [0.25, 0.3) is 11.4 Å². The third-order valence-electron chi connectivity index (χ3n) is 4.33. The molecule has 0 saturated heterocycles. The van der Waals surface area contributed by atoms with Crippen molar-refractivity contribution in [2.45, 2.75) is 38.2 Å². The van der Waals surface area contributed by atoms with Crippen LogP contribution < -0.4 is 5.73 Å². The second-order valence-electron chi connectivity index (χ2n) is 6.73. The number of nitrogens with two attached hydrogens (primary N) is 1. The van der Waals surface area contributed by atoms with Crippen LogP contribution in [0, 0.1) is 5.82 Å². The monoisotopic (exact) mass is 477 g/mol. The molecule has 0 aromatic carbocycles. The highest BCUT2D eigenvalue weighted by atomic mass is 19.4. The van der Waals surface area contributed by atoms with Crippen LogP contribution in [0.1, 0.15) is 40.5 Å². The van der Waals surface area contributed by atoms with Crippen LogP contribution >= 0.6 is 0 Å². The molecule has 3 aromatic rings. The Kier molecular flexibility index (Phi) is 6.60. The molecule has 4 heterocycles. The lowest BCUT2D eigenvalue weighted by Gasteiger charge is -2.09. The predicted octanol–water partition coefficient (Wildman–Crippen LogP) is 3.43. The summed E-state index contributed by atoms with van der Waals surface area (Å²) in [6.45, 7) is 0.654. The van der Waals surface area contributed by atoms with E-state index < -0.39 is 41.2 Å². The number of rotatable bonds is 2. The maximum Gasteiger partial charge on any atom is 0.434 e. The molecule has 3 aromatic heterocycles. The van der Waals surface area contributed by atoms with Gasteiger partial charge in [0.05, 0.1) is 24.2 Å². The molecule has 33 heavy (non-hydrogen) atoms. The maximum atomic E-state index is 13.7. The van der Waals surface area contributed by atoms with Gasteiger partial charge in [-0.25, -0.2) is 24.0 Å². The fourth-order valence-corrected chi connectivity index (χ4v) is 2.78. The van der Waals surface area contributed by atoms with Gasteiger partial charge in [0, 0.05) is 13.0 Å². The summed E-state index contributed by atoms with van der Waals surface area (Å²) >= 11 is 0. The summed E-state index contributed by atoms with van der Waals surface area (Å²) in [7, 11) is 0. The minimum absolute atomic E-state index is 0.0210. The summed E-state index contributed by atoms with van der Waals surface area (Å²) in [6.07, 6.45) is -4.71. The Morgan fingerprint density at radius 2 is 1.67 bits per heavy atom. The Hall–Kier alpha value is -3.65. The van der Waals surface area contributed by atoms with Crippen molar-refractivity contribution in [3.05, 3.63) is 53.4 Å². The zero-order chi connectivity index (χ0) is 24.4. The highest BCUT2D eigenvalue weighted by Crippen LogP contribution is 2.31. The number of aryl methyl sites for hydroxylation is 2. The largest absolute Gasteiger partial charge is 0.434 e. The Morgan fingerprint density at radius 3 is 2.27 bits per heavy atom. The number of carbonyl (C=O) groups is 1. The van der Waals surface area contributed by atoms with Crippen molar-refractivity contribution in [3.8, 4) is 11.4 Å². The average molecular weight is 477 g/mol. The first-order valence-corrected chi connectivity index (χ1v) is 9.22. The molecular formula is C18H14F7N7O. The Morgan fingerprint density at radius 1 is 0.970 bits per heavy atom. The molecule has 8 nitrogen and oxygen atoms in total. The van der Waals surface area contributed by atoms with E-state index >= 15 is 0 Å². The van der Waals surface area contributed by atoms with Crippen molar-refractivity contribution < 1.29 is 35.5 Å². The van der Waals surface area contributed by atoms with E-state index in [0.717, 1.165) is 19.0 Å². The standard InChI is InChI=1S/C12H10F4N4.C6H4F3N3O/c13-8-6-17-9(12(14,15)16)5-7(8)11-18-10-3-1-2-4-20(10)19-11;7-6(8,9)4-2-11-1-3(12-4)5(10)13/h5-6H,1-4H2;1-2H,(H2,10,13). The van der Waals surface area contributed by atoms with E-state index in [9.17, 15) is 35.5 Å². The molecule has 0 spiro atoms. The molecule has 0 fully saturated rings. The number of alkyl halides is 6. The van der Waals surface area contributed by atoms with Crippen LogP contribution in [0.3, 0.4) is 0 Å². The van der Waals surface area contributed by atoms with E-state index in [1.54, 1.807) is 4.68 Å². The maximum absolute atomic E-state index is 13.7. The number of hydrogen-bond acceptors (Lipinski definition) is 6. The quantitative estimate of drug-likeness (QED) is 0.566. The highest BCUT2D eigenvalue weighted by molar-refractivity contribution is 5.90. The van der Waals surface area contributed by atoms with Gasteiger partial charge in [0.15, 0.2) is 17.3 Å². The lowest BCUT2D eigenvalue weighted by atomic mass is 10.2. The van der Waals surface area contributed by atoms with E-state index in [1.165, 1.54) is 0 Å². The molecule has 0 radical (unpaired) electrons. The Labute approximate surface area is 180 Å². The molecule has 1 aliphatic rings. The number of primary amides is 1. The van der Waals surface area contributed by atoms with Crippen molar-refractivity contribution in [1.82, 2.24) is 29.7 Å². The first-order valence-electron chi connectivity index (χ1n) is 9.22. The van der Waals surface area contributed by atoms with E-state index in [4.69, 9.17) is 5.73 Å². The summed E-state index contributed by atoms with van der Waals surface area (Å²) in [5, 5.41) is 4.08. The van der Waals surface area contributed by atoms with Crippen LogP contribution in [-0.2, 0) is 25.3 Å². The van der Waals surface area contributed by atoms with E-state index in [-0.39, 0.29) is 11.4 Å². The van der Waals surface area contributed by atoms with Crippen LogP contribution in [0.2, 0.25) is 0 Å². The lowest BCUT2D eigenvalue weighted by molar-refractivity contribution is -0.142. The van der Waals surface area contributed by atoms with Crippen LogP contribution in [0.5, 0.6) is 0 Å². The minimum Gasteiger partial charge on any atom is -0.364 e. The third-order valence-corrected chi connectivity index (χ3v) is 4.33. The van der Waals surface area contributed by atoms with Crippen molar-refractivity contribution in [3.63, 3.8) is 0 Å². The number of carbonyl (C=O) groups excluding carboxylic acids is 1. The Bertz CT molecular complexity index is 1130. The summed E-state index contributed by atoms with van der Waals surface area (Å²) in [5.41, 5.74) is 1.56. The summed E-state index contributed by atoms with van der Waals surface area (Å²) in [5.74, 6) is -1.25. The smallest absolute Gasteiger partial charge is 0.364 e. The number of pyridine rings is 1. The second-order valence-corrected chi connectivity index (χ2v) is 6.73. The van der Waals surface area contributed by atoms with E-state index in [0.29, 0.717) is 37.3 Å². The SMILES string of the molecule is Fc1cnc(C(F)(F)F)cc1-c1nc2n(n1)CCCC2.NC(=O)c1cncc(C(F)(F)F)n1. The van der Waals surface area contributed by atoms with Crippen molar-refractivity contribution in [2.24, 2.45) is 5.73 Å². The van der Waals surface area contributed by atoms with Gasteiger partial charge < -0.3 is 5.73 Å². The van der Waals surface area contributed by atoms with Gasteiger partial charge in [0.1, 0.15) is 17.2 Å². The van der Waals surface area contributed by atoms with Gasteiger partial charge in [-0.05, 0) is 18.9 Å². The van der Waals surface area contributed by atoms with Gasteiger partial charge in [-0.1, -0.05) is 0 Å². The molecule has 15 heteroatoms. The summed E-state index contributed by atoms with van der Waals surface area (Å²) in [6, 6.07) is 0.649.